The summed E-state index contributed by atoms with van der Waals surface area (Å²) in [4.78, 5) is 20.0. The summed E-state index contributed by atoms with van der Waals surface area (Å²) < 4.78 is 5.72. The number of pyridine rings is 1. The van der Waals surface area contributed by atoms with Crippen LogP contribution in [0.2, 0.25) is 0 Å². The molecule has 21 heavy (non-hydrogen) atoms. The van der Waals surface area contributed by atoms with Gasteiger partial charge in [0.25, 0.3) is 0 Å². The molecule has 1 saturated heterocycles. The minimum atomic E-state index is -0.438. The van der Waals surface area contributed by atoms with E-state index in [1.54, 1.807) is 17.5 Å². The first-order chi connectivity index (χ1) is 10.3. The molecule has 0 amide bonds. The summed E-state index contributed by atoms with van der Waals surface area (Å²) in [6, 6.07) is 8.14. The Labute approximate surface area is 127 Å². The van der Waals surface area contributed by atoms with Gasteiger partial charge in [0.15, 0.2) is 5.69 Å². The number of likely N-dealkylation sites (tertiary alicyclic amines) is 1. The molecule has 0 aromatic carbocycles. The van der Waals surface area contributed by atoms with Crippen molar-refractivity contribution in [2.45, 2.75) is 25.0 Å². The molecule has 5 heteroatoms. The molecule has 0 aliphatic carbocycles. The van der Waals surface area contributed by atoms with Gasteiger partial charge in [-0.15, -0.1) is 11.3 Å². The lowest BCUT2D eigenvalue weighted by Gasteiger charge is -2.38. The van der Waals surface area contributed by atoms with Crippen molar-refractivity contribution < 1.29 is 9.53 Å². The molecule has 2 aliphatic heterocycles. The second-order valence-electron chi connectivity index (χ2n) is 5.64. The zero-order valence-corrected chi connectivity index (χ0v) is 12.4. The monoisotopic (exact) mass is 300 g/mol. The van der Waals surface area contributed by atoms with E-state index in [-0.39, 0.29) is 5.97 Å². The van der Waals surface area contributed by atoms with Gasteiger partial charge in [-0.3, -0.25) is 4.90 Å². The number of thiophene rings is 1. The number of esters is 1. The minimum absolute atomic E-state index is 0.266. The van der Waals surface area contributed by atoms with Crippen molar-refractivity contribution in [3.8, 4) is 0 Å². The number of piperidine rings is 1. The van der Waals surface area contributed by atoms with Crippen molar-refractivity contribution in [1.29, 1.82) is 0 Å². The van der Waals surface area contributed by atoms with Crippen LogP contribution in [-0.2, 0) is 16.9 Å². The van der Waals surface area contributed by atoms with Gasteiger partial charge in [0.2, 0.25) is 0 Å². The van der Waals surface area contributed by atoms with Crippen LogP contribution in [0.5, 0.6) is 0 Å². The average Bonchev–Trinajstić information content (AvgIpc) is 3.10. The zero-order chi connectivity index (χ0) is 14.3. The number of hydrogen-bond acceptors (Lipinski definition) is 5. The number of carbonyl (C=O) groups is 1. The van der Waals surface area contributed by atoms with Crippen LogP contribution in [0.25, 0.3) is 0 Å². The van der Waals surface area contributed by atoms with E-state index < -0.39 is 5.60 Å². The summed E-state index contributed by atoms with van der Waals surface area (Å²) in [5.41, 5.74) is 1.04. The summed E-state index contributed by atoms with van der Waals surface area (Å²) in [7, 11) is 0. The number of nitrogens with zero attached hydrogens (tertiary/aromatic N) is 2. The minimum Gasteiger partial charge on any atom is -0.449 e. The van der Waals surface area contributed by atoms with Crippen LogP contribution in [0.15, 0.2) is 35.8 Å². The maximum atomic E-state index is 12.0. The van der Waals surface area contributed by atoms with Gasteiger partial charge < -0.3 is 4.74 Å². The molecule has 2 aromatic rings. The summed E-state index contributed by atoms with van der Waals surface area (Å²) >= 11 is 1.79. The van der Waals surface area contributed by atoms with Crippen molar-refractivity contribution in [2.24, 2.45) is 0 Å². The van der Waals surface area contributed by atoms with E-state index in [1.165, 1.54) is 4.88 Å². The SMILES string of the molecule is O=C1OC2(CCN(Cc3cccs3)CC2)c2cccnc21. The van der Waals surface area contributed by atoms with Crippen molar-refractivity contribution >= 4 is 17.3 Å². The smallest absolute Gasteiger partial charge is 0.358 e. The van der Waals surface area contributed by atoms with Gasteiger partial charge in [-0.1, -0.05) is 12.1 Å². The average molecular weight is 300 g/mol. The molecule has 4 nitrogen and oxygen atoms in total. The molecule has 0 unspecified atom stereocenters. The lowest BCUT2D eigenvalue weighted by Crippen LogP contribution is -2.42. The van der Waals surface area contributed by atoms with Crippen molar-refractivity contribution in [2.75, 3.05) is 13.1 Å². The highest BCUT2D eigenvalue weighted by Gasteiger charge is 2.47. The summed E-state index contributed by atoms with van der Waals surface area (Å²) in [6.07, 6.45) is 3.36. The van der Waals surface area contributed by atoms with Crippen LogP contribution >= 0.6 is 11.3 Å². The van der Waals surface area contributed by atoms with Crippen LogP contribution in [0.4, 0.5) is 0 Å². The third-order valence-electron chi connectivity index (χ3n) is 4.40. The number of aromatic nitrogens is 1. The standard InChI is InChI=1S/C16H16N2O2S/c19-15-14-13(4-1-7-17-14)16(20-15)5-8-18(9-6-16)11-12-3-2-10-21-12/h1-4,7,10H,5-6,8-9,11H2. The zero-order valence-electron chi connectivity index (χ0n) is 11.6. The Bertz CT molecular complexity index is 661. The first-order valence-electron chi connectivity index (χ1n) is 7.20. The molecular formula is C16H16N2O2S. The fraction of sp³-hybridized carbons (Fsp3) is 0.375. The van der Waals surface area contributed by atoms with Gasteiger partial charge in [-0.2, -0.15) is 0 Å². The van der Waals surface area contributed by atoms with Crippen molar-refractivity contribution in [1.82, 2.24) is 9.88 Å². The summed E-state index contributed by atoms with van der Waals surface area (Å²) in [6.45, 7) is 2.88. The molecule has 0 saturated carbocycles. The van der Waals surface area contributed by atoms with Crippen LogP contribution in [0, 0.1) is 0 Å². The Hall–Kier alpha value is -1.72. The Morgan fingerprint density at radius 2 is 2.14 bits per heavy atom. The fourth-order valence-corrected chi connectivity index (χ4v) is 4.03. The van der Waals surface area contributed by atoms with Gasteiger partial charge in [0.1, 0.15) is 5.60 Å². The first kappa shape index (κ1) is 13.0. The number of carbonyl (C=O) groups excluding carboxylic acids is 1. The molecule has 4 heterocycles. The largest absolute Gasteiger partial charge is 0.449 e. The van der Waals surface area contributed by atoms with Gasteiger partial charge in [0.05, 0.1) is 0 Å². The third kappa shape index (κ3) is 2.17. The Balaban J connectivity index is 1.51. The number of hydrogen-bond donors (Lipinski definition) is 0. The molecule has 0 atom stereocenters. The molecule has 0 bridgehead atoms. The number of fused-ring (bicyclic) bond motifs is 2. The molecule has 0 N–H and O–H groups in total. The van der Waals surface area contributed by atoms with Crippen LogP contribution in [0.3, 0.4) is 0 Å². The van der Waals surface area contributed by atoms with E-state index in [1.807, 2.05) is 12.1 Å². The van der Waals surface area contributed by atoms with E-state index in [0.29, 0.717) is 5.69 Å². The van der Waals surface area contributed by atoms with Crippen LogP contribution in [0.1, 0.15) is 33.8 Å². The van der Waals surface area contributed by atoms with E-state index in [0.717, 1.165) is 38.0 Å². The quantitative estimate of drug-likeness (QED) is 0.800. The molecule has 0 radical (unpaired) electrons. The molecular weight excluding hydrogens is 284 g/mol. The Morgan fingerprint density at radius 1 is 1.29 bits per heavy atom. The molecule has 1 fully saturated rings. The second-order valence-corrected chi connectivity index (χ2v) is 6.67. The molecule has 2 aromatic heterocycles. The maximum Gasteiger partial charge on any atom is 0.358 e. The van der Waals surface area contributed by atoms with Crippen LogP contribution < -0.4 is 0 Å². The molecule has 108 valence electrons. The maximum absolute atomic E-state index is 12.0. The van der Waals surface area contributed by atoms with Crippen LogP contribution in [-0.4, -0.2) is 28.9 Å². The Kier molecular flexibility index (Phi) is 3.05. The van der Waals surface area contributed by atoms with Crippen molar-refractivity contribution in [3.05, 3.63) is 52.0 Å². The van der Waals surface area contributed by atoms with Gasteiger partial charge in [-0.05, 0) is 17.5 Å². The van der Waals surface area contributed by atoms with Gasteiger partial charge >= 0.3 is 5.97 Å². The van der Waals surface area contributed by atoms with Crippen molar-refractivity contribution in [3.63, 3.8) is 0 Å². The van der Waals surface area contributed by atoms with E-state index in [4.69, 9.17) is 4.74 Å². The predicted molar refractivity (Wildman–Crippen MR) is 80.2 cm³/mol. The fourth-order valence-electron chi connectivity index (χ4n) is 3.28. The molecule has 4 rings (SSSR count). The number of ether oxygens (including phenoxy) is 1. The topological polar surface area (TPSA) is 42.4 Å². The molecule has 1 spiro atoms. The molecule has 2 aliphatic rings. The first-order valence-corrected chi connectivity index (χ1v) is 8.08. The highest BCUT2D eigenvalue weighted by Crippen LogP contribution is 2.43. The summed E-state index contributed by atoms with van der Waals surface area (Å²) in [5.74, 6) is -0.266. The third-order valence-corrected chi connectivity index (χ3v) is 5.26. The Morgan fingerprint density at radius 3 is 2.90 bits per heavy atom. The predicted octanol–water partition coefficient (Wildman–Crippen LogP) is 2.80. The van der Waals surface area contributed by atoms with E-state index >= 15 is 0 Å². The van der Waals surface area contributed by atoms with Gasteiger partial charge in [-0.25, -0.2) is 9.78 Å². The van der Waals surface area contributed by atoms with Gasteiger partial charge in [0, 0.05) is 49.1 Å². The lowest BCUT2D eigenvalue weighted by atomic mass is 9.85. The lowest BCUT2D eigenvalue weighted by molar-refractivity contribution is -0.0440. The highest BCUT2D eigenvalue weighted by atomic mass is 32.1. The second kappa shape index (κ2) is 4.93. The van der Waals surface area contributed by atoms with E-state index in [2.05, 4.69) is 27.4 Å². The normalized spacial score (nSPS) is 20.5. The summed E-state index contributed by atoms with van der Waals surface area (Å²) in [5, 5.41) is 2.11. The number of rotatable bonds is 2. The van der Waals surface area contributed by atoms with E-state index in [9.17, 15) is 4.79 Å². The highest BCUT2D eigenvalue weighted by molar-refractivity contribution is 7.09.